The van der Waals surface area contributed by atoms with Gasteiger partial charge in [-0.25, -0.2) is 0 Å². The Bertz CT molecular complexity index is 6500. The maximum Gasteiger partial charge on any atom is 0.417 e. The van der Waals surface area contributed by atoms with E-state index in [1.165, 1.54) is 136 Å². The molecule has 6 N–H and O–H groups in total. The zero-order chi connectivity index (χ0) is 101. The van der Waals surface area contributed by atoms with Crippen LogP contribution in [0, 0.1) is 27.7 Å². The third-order valence-electron chi connectivity index (χ3n) is 27.1. The van der Waals surface area contributed by atoms with E-state index in [0.29, 0.717) is 29.5 Å². The fourth-order valence-electron chi connectivity index (χ4n) is 19.4. The second-order valence-corrected chi connectivity index (χ2v) is 37.9. The van der Waals surface area contributed by atoms with Crippen LogP contribution in [0.4, 0.5) is 13.2 Å². The Morgan fingerprint density at radius 1 is 0.248 bits per heavy atom. The molecule has 0 unspecified atom stereocenters. The number of para-hydroxylation sites is 1. The summed E-state index contributed by atoms with van der Waals surface area (Å²) in [4.78, 5) is 69.2. The summed E-state index contributed by atoms with van der Waals surface area (Å²) < 4.78 is 46.3. The highest BCUT2D eigenvalue weighted by atomic mass is 35.5. The zero-order valence-corrected chi connectivity index (χ0v) is 85.2. The van der Waals surface area contributed by atoms with Gasteiger partial charge in [0, 0.05) is 44.0 Å². The van der Waals surface area contributed by atoms with E-state index in [0.717, 1.165) is 210 Å². The number of ether oxygens (including phenoxy) is 1. The lowest BCUT2D eigenvalue weighted by atomic mass is 9.86. The lowest BCUT2D eigenvalue weighted by Gasteiger charge is -2.23. The number of halogens is 4. The van der Waals surface area contributed by atoms with Crippen molar-refractivity contribution in [2.45, 2.75) is 167 Å². The molecule has 17 heteroatoms. The van der Waals surface area contributed by atoms with Crippen molar-refractivity contribution >= 4 is 79.7 Å². The Morgan fingerprint density at radius 3 is 0.731 bits per heavy atom. The van der Waals surface area contributed by atoms with Crippen molar-refractivity contribution in [3.05, 3.63) is 452 Å². The van der Waals surface area contributed by atoms with Crippen LogP contribution >= 0.6 is 11.6 Å². The fraction of sp³-hybridized carbons (Fsp3) is 0.297. The molecule has 145 heavy (non-hydrogen) atoms. The number of ketones is 6. The first-order chi connectivity index (χ1) is 69.1. The van der Waals surface area contributed by atoms with Gasteiger partial charge in [0.1, 0.15) is 5.75 Å². The summed E-state index contributed by atoms with van der Waals surface area (Å²) in [5, 5.41) is 21.1. The summed E-state index contributed by atoms with van der Waals surface area (Å²) in [7, 11) is 1.71. The summed E-state index contributed by atoms with van der Waals surface area (Å²) in [6.45, 7) is 29.7. The lowest BCUT2D eigenvalue weighted by Crippen LogP contribution is -2.24. The standard InChI is InChI=1S/C21H22ClNO.C21H20F3NO.C21H23NO2.3C21H23NO.2CH4/c1-14-13-19(7-8-20(14)22)21(18-9-11-23-12-10-18)17-5-3-16(4-6-17)15(2)24;1-14(26)15-6-8-16(9-7-15)20(17-10-12-25-13-11-17)18-4-2-3-5-19(18)21(22,23)24;1-15(23)16-7-9-17(10-8-16)21(18-11-13-22-14-12-18)19-5-3-4-6-20(19)24-2;1-15-3-5-18(6-4-15)21(20-11-13-22-14-12-20)19-9-7-17(8-10-19)16(2)23;2*1-15-4-3-5-20(14-15)21(19-10-12-22-13-11-19)18-8-6-17(7-9-18)16(2)23;;/h3-8,13,23H,9-12H2,1-2H3;2-9,25H,10-13H2,1H3;3-10,22H,11-14H2,1-2H3;3-10,22H,11-14H2,1-2H3;2*3-9,14,22H,10-13H2,1-2H3;2*1H4. The molecule has 0 amide bonds. The molecule has 18 rings (SSSR count). The third-order valence-corrected chi connectivity index (χ3v) is 27.5. The first kappa shape index (κ1) is 112. The first-order valence-corrected chi connectivity index (χ1v) is 50.5. The van der Waals surface area contributed by atoms with Crippen molar-refractivity contribution in [1.29, 1.82) is 0 Å². The van der Waals surface area contributed by atoms with Crippen LogP contribution in [0.2, 0.25) is 5.02 Å². The number of rotatable bonds is 19. The Morgan fingerprint density at radius 2 is 0.469 bits per heavy atom. The molecule has 0 atom stereocenters. The number of hydrogen-bond acceptors (Lipinski definition) is 13. The van der Waals surface area contributed by atoms with Gasteiger partial charge in [-0.05, 0) is 349 Å². The third kappa shape index (κ3) is 31.2. The molecule has 0 radical (unpaired) electrons. The van der Waals surface area contributed by atoms with Crippen LogP contribution in [-0.4, -0.2) is 120 Å². The van der Waals surface area contributed by atoms with E-state index in [-0.39, 0.29) is 55.1 Å². The number of carbonyl (C=O) groups is 6. The van der Waals surface area contributed by atoms with Gasteiger partial charge in [-0.1, -0.05) is 337 Å². The largest absolute Gasteiger partial charge is 0.496 e. The molecule has 6 saturated heterocycles. The number of aryl methyl sites for hydroxylation is 4. The molecule has 0 saturated carbocycles. The van der Waals surface area contributed by atoms with E-state index in [2.05, 4.69) is 192 Å². The van der Waals surface area contributed by atoms with Gasteiger partial charge in [0.2, 0.25) is 0 Å². The second-order valence-electron chi connectivity index (χ2n) is 37.5. The highest BCUT2D eigenvalue weighted by Gasteiger charge is 2.35. The number of methoxy groups -OCH3 is 1. The van der Waals surface area contributed by atoms with Gasteiger partial charge in [-0.3, -0.25) is 28.8 Å². The highest BCUT2D eigenvalue weighted by Crippen LogP contribution is 2.43. The SMILES string of the molecule is C.C.CC(=O)c1ccc(C(=C2CCNCC2)c2ccc(C)cc2)cc1.CC(=O)c1ccc(C(=C2CCNCC2)c2ccc(Cl)c(C)c2)cc1.CC(=O)c1ccc(C(=C2CCNCC2)c2cccc(C)c2)cc1.CC(=O)c1ccc(C(=C2CCNCC2)c2cccc(C)c2)cc1.CC(=O)c1ccc(C(=C2CCNCC2)c2ccccc2C(F)(F)F)cc1.COc1ccccc1C(=C1CCNCC1)c1ccc(C(C)=O)cc1. The predicted molar refractivity (Wildman–Crippen MR) is 595 cm³/mol. The van der Waals surface area contributed by atoms with Crippen molar-refractivity contribution in [3.8, 4) is 5.75 Å². The van der Waals surface area contributed by atoms with Crippen molar-refractivity contribution in [2.24, 2.45) is 0 Å². The molecule has 6 aliphatic heterocycles. The van der Waals surface area contributed by atoms with E-state index in [1.807, 2.05) is 104 Å². The average Bonchev–Trinajstić information content (AvgIpc) is 0.776. The lowest BCUT2D eigenvalue weighted by molar-refractivity contribution is -0.137. The van der Waals surface area contributed by atoms with Crippen molar-refractivity contribution < 1.29 is 46.7 Å². The predicted octanol–water partition coefficient (Wildman–Crippen LogP) is 28.6. The van der Waals surface area contributed by atoms with Crippen molar-refractivity contribution in [3.63, 3.8) is 0 Å². The molecule has 0 aliphatic carbocycles. The zero-order valence-electron chi connectivity index (χ0n) is 84.5. The number of Topliss-reactive ketones (excluding diaryl/α,β-unsaturated/α-hetero) is 6. The minimum atomic E-state index is -4.42. The number of benzene rings is 12. The molecule has 6 heterocycles. The van der Waals surface area contributed by atoms with Crippen molar-refractivity contribution in [2.75, 3.05) is 85.6 Å². The van der Waals surface area contributed by atoms with Gasteiger partial charge in [-0.2, -0.15) is 13.2 Å². The highest BCUT2D eigenvalue weighted by molar-refractivity contribution is 6.31. The van der Waals surface area contributed by atoms with Gasteiger partial charge in [0.15, 0.2) is 34.7 Å². The van der Waals surface area contributed by atoms with Gasteiger partial charge in [0.25, 0.3) is 0 Å². The van der Waals surface area contributed by atoms with Gasteiger partial charge in [0.05, 0.1) is 12.7 Å². The molecule has 0 aromatic heterocycles. The normalized spacial score (nSPS) is 14.4. The first-order valence-electron chi connectivity index (χ1n) is 50.1. The molecule has 0 spiro atoms. The van der Waals surface area contributed by atoms with Crippen LogP contribution in [0.25, 0.3) is 33.4 Å². The molecule has 12 aromatic rings. The molecular formula is C128H142ClF3N6O7. The van der Waals surface area contributed by atoms with Crippen LogP contribution in [-0.2, 0) is 6.18 Å². The van der Waals surface area contributed by atoms with Gasteiger partial charge in [-0.15, -0.1) is 0 Å². The maximum atomic E-state index is 13.6. The van der Waals surface area contributed by atoms with Crippen LogP contribution in [0.3, 0.4) is 0 Å². The average molecular weight is 1970 g/mol. The van der Waals surface area contributed by atoms with Gasteiger partial charge >= 0.3 is 6.18 Å². The molecule has 754 valence electrons. The fourth-order valence-corrected chi connectivity index (χ4v) is 19.5. The number of nitrogens with one attached hydrogen (secondary N) is 6. The number of hydrogen-bond donors (Lipinski definition) is 6. The van der Waals surface area contributed by atoms with Crippen LogP contribution < -0.4 is 36.6 Å². The quantitative estimate of drug-likeness (QED) is 0.0421. The summed E-state index contributed by atoms with van der Waals surface area (Å²) in [5.74, 6) is 1.35. The Hall–Kier alpha value is -13.3. The molecule has 6 fully saturated rings. The summed E-state index contributed by atoms with van der Waals surface area (Å²) in [5.41, 5.74) is 37.2. The molecular weight excluding hydrogens is 1830 g/mol. The van der Waals surface area contributed by atoms with Crippen LogP contribution in [0.1, 0.15) is 290 Å². The van der Waals surface area contributed by atoms with E-state index in [1.54, 1.807) is 72.1 Å². The van der Waals surface area contributed by atoms with E-state index < -0.39 is 11.7 Å². The van der Waals surface area contributed by atoms with Crippen molar-refractivity contribution in [1.82, 2.24) is 31.9 Å². The summed E-state index contributed by atoms with van der Waals surface area (Å²) in [6, 6.07) is 93.1. The summed E-state index contributed by atoms with van der Waals surface area (Å²) >= 11 is 6.21. The number of carbonyl (C=O) groups excluding carboxylic acids is 6. The minimum Gasteiger partial charge on any atom is -0.496 e. The van der Waals surface area contributed by atoms with E-state index in [9.17, 15) is 41.9 Å². The van der Waals surface area contributed by atoms with Crippen LogP contribution in [0.15, 0.2) is 319 Å². The van der Waals surface area contributed by atoms with E-state index >= 15 is 0 Å². The molecule has 13 nitrogen and oxygen atoms in total. The molecule has 12 aromatic carbocycles. The Balaban J connectivity index is 0.000000165. The summed E-state index contributed by atoms with van der Waals surface area (Å²) in [6.07, 6.45) is 7.63. The Labute approximate surface area is 863 Å². The van der Waals surface area contributed by atoms with Gasteiger partial charge < -0.3 is 36.6 Å². The topological polar surface area (TPSA) is 184 Å². The van der Waals surface area contributed by atoms with E-state index in [4.69, 9.17) is 16.3 Å². The smallest absolute Gasteiger partial charge is 0.417 e. The molecule has 6 aliphatic rings. The Kier molecular flexibility index (Phi) is 42.6. The maximum absolute atomic E-state index is 13.6. The number of piperidine rings is 6. The minimum absolute atomic E-state index is 0. The second kappa shape index (κ2) is 55.2. The van der Waals surface area contributed by atoms with Crippen LogP contribution in [0.5, 0.6) is 5.75 Å². The molecule has 0 bridgehead atoms. The monoisotopic (exact) mass is 1970 g/mol. The number of alkyl halides is 3.